The lowest BCUT2D eigenvalue weighted by atomic mass is 9.88. The highest BCUT2D eigenvalue weighted by molar-refractivity contribution is 5.79. The molecule has 1 spiro atoms. The van der Waals surface area contributed by atoms with Crippen molar-refractivity contribution in [3.05, 3.63) is 12.7 Å². The molecule has 15 heavy (non-hydrogen) atoms. The summed E-state index contributed by atoms with van der Waals surface area (Å²) >= 11 is 0. The van der Waals surface area contributed by atoms with Crippen molar-refractivity contribution in [3.8, 4) is 0 Å². The van der Waals surface area contributed by atoms with E-state index in [0.717, 1.165) is 45.3 Å². The summed E-state index contributed by atoms with van der Waals surface area (Å²) in [4.78, 5) is 13.9. The van der Waals surface area contributed by atoms with Crippen LogP contribution in [0.2, 0.25) is 0 Å². The van der Waals surface area contributed by atoms with Gasteiger partial charge in [-0.1, -0.05) is 6.08 Å². The van der Waals surface area contributed by atoms with E-state index in [9.17, 15) is 4.79 Å². The Kier molecular flexibility index (Phi) is 3.10. The Labute approximate surface area is 91.5 Å². The van der Waals surface area contributed by atoms with Crippen molar-refractivity contribution in [1.82, 2.24) is 10.2 Å². The molecule has 1 amide bonds. The molecule has 84 valence electrons. The lowest BCUT2D eigenvalue weighted by molar-refractivity contribution is -0.130. The van der Waals surface area contributed by atoms with E-state index in [1.54, 1.807) is 0 Å². The fourth-order valence-electron chi connectivity index (χ4n) is 2.93. The Morgan fingerprint density at radius 2 is 2.27 bits per heavy atom. The molecule has 1 atom stereocenters. The lowest BCUT2D eigenvalue weighted by Gasteiger charge is -2.37. The molecule has 2 aliphatic rings. The fourth-order valence-corrected chi connectivity index (χ4v) is 2.93. The van der Waals surface area contributed by atoms with Gasteiger partial charge in [0.1, 0.15) is 0 Å². The van der Waals surface area contributed by atoms with Gasteiger partial charge in [-0.25, -0.2) is 0 Å². The second-order valence-corrected chi connectivity index (χ2v) is 4.62. The predicted molar refractivity (Wildman–Crippen MR) is 60.6 cm³/mol. The highest BCUT2D eigenvalue weighted by Gasteiger charge is 2.44. The SMILES string of the molecule is C=CCN1C(=O)CCC12CCCNCC2. The Morgan fingerprint density at radius 3 is 3.07 bits per heavy atom. The van der Waals surface area contributed by atoms with Crippen LogP contribution >= 0.6 is 0 Å². The molecule has 0 aromatic carbocycles. The smallest absolute Gasteiger partial charge is 0.223 e. The fraction of sp³-hybridized carbons (Fsp3) is 0.750. The molecule has 1 unspecified atom stereocenters. The van der Waals surface area contributed by atoms with Crippen LogP contribution in [0.3, 0.4) is 0 Å². The number of nitrogens with one attached hydrogen (secondary N) is 1. The minimum atomic E-state index is 0.148. The minimum absolute atomic E-state index is 0.148. The van der Waals surface area contributed by atoms with E-state index < -0.39 is 0 Å². The molecule has 0 aromatic heterocycles. The molecule has 3 heteroatoms. The molecule has 0 saturated carbocycles. The van der Waals surface area contributed by atoms with Gasteiger partial charge in [0.2, 0.25) is 5.91 Å². The van der Waals surface area contributed by atoms with Crippen LogP contribution in [0.4, 0.5) is 0 Å². The van der Waals surface area contributed by atoms with Crippen LogP contribution in [0.25, 0.3) is 0 Å². The first-order valence-corrected chi connectivity index (χ1v) is 5.91. The van der Waals surface area contributed by atoms with Crippen LogP contribution in [0.1, 0.15) is 32.1 Å². The van der Waals surface area contributed by atoms with Gasteiger partial charge in [0.25, 0.3) is 0 Å². The van der Waals surface area contributed by atoms with Crippen LogP contribution in [-0.4, -0.2) is 36.0 Å². The van der Waals surface area contributed by atoms with E-state index in [1.807, 2.05) is 6.08 Å². The molecular weight excluding hydrogens is 188 g/mol. The number of carbonyl (C=O) groups is 1. The molecule has 0 radical (unpaired) electrons. The predicted octanol–water partition coefficient (Wildman–Crippen LogP) is 1.31. The third-order valence-electron chi connectivity index (χ3n) is 3.75. The maximum absolute atomic E-state index is 11.8. The molecule has 0 aliphatic carbocycles. The van der Waals surface area contributed by atoms with E-state index >= 15 is 0 Å². The van der Waals surface area contributed by atoms with E-state index in [-0.39, 0.29) is 5.54 Å². The number of hydrogen-bond donors (Lipinski definition) is 1. The average Bonchev–Trinajstić information content (AvgIpc) is 2.45. The molecule has 2 aliphatic heterocycles. The molecule has 2 rings (SSSR count). The Morgan fingerprint density at radius 1 is 1.40 bits per heavy atom. The van der Waals surface area contributed by atoms with Crippen LogP contribution in [0, 0.1) is 0 Å². The lowest BCUT2D eigenvalue weighted by Crippen LogP contribution is -2.46. The van der Waals surface area contributed by atoms with Gasteiger partial charge in [0.15, 0.2) is 0 Å². The van der Waals surface area contributed by atoms with Gasteiger partial charge in [-0.2, -0.15) is 0 Å². The van der Waals surface area contributed by atoms with Gasteiger partial charge >= 0.3 is 0 Å². The summed E-state index contributed by atoms with van der Waals surface area (Å²) in [5.41, 5.74) is 0.148. The Balaban J connectivity index is 2.15. The summed E-state index contributed by atoms with van der Waals surface area (Å²) in [5, 5.41) is 3.41. The maximum Gasteiger partial charge on any atom is 0.223 e. The van der Waals surface area contributed by atoms with E-state index in [4.69, 9.17) is 0 Å². The number of rotatable bonds is 2. The van der Waals surface area contributed by atoms with Gasteiger partial charge in [0, 0.05) is 18.5 Å². The number of likely N-dealkylation sites (tertiary alicyclic amines) is 1. The molecule has 2 heterocycles. The quantitative estimate of drug-likeness (QED) is 0.694. The van der Waals surface area contributed by atoms with Crippen molar-refractivity contribution in [2.45, 2.75) is 37.6 Å². The first-order chi connectivity index (χ1) is 7.28. The number of hydrogen-bond acceptors (Lipinski definition) is 2. The van der Waals surface area contributed by atoms with Crippen molar-refractivity contribution in [2.24, 2.45) is 0 Å². The average molecular weight is 208 g/mol. The van der Waals surface area contributed by atoms with E-state index in [1.165, 1.54) is 6.42 Å². The normalized spacial score (nSPS) is 32.0. The van der Waals surface area contributed by atoms with Crippen molar-refractivity contribution >= 4 is 5.91 Å². The van der Waals surface area contributed by atoms with Crippen LogP contribution < -0.4 is 5.32 Å². The number of carbonyl (C=O) groups excluding carboxylic acids is 1. The molecule has 1 N–H and O–H groups in total. The molecule has 3 nitrogen and oxygen atoms in total. The second kappa shape index (κ2) is 4.35. The van der Waals surface area contributed by atoms with Crippen LogP contribution in [0.15, 0.2) is 12.7 Å². The van der Waals surface area contributed by atoms with E-state index in [2.05, 4.69) is 16.8 Å². The third-order valence-corrected chi connectivity index (χ3v) is 3.75. The Bertz CT molecular complexity index is 254. The van der Waals surface area contributed by atoms with Gasteiger partial charge < -0.3 is 10.2 Å². The van der Waals surface area contributed by atoms with Gasteiger partial charge in [0.05, 0.1) is 0 Å². The topological polar surface area (TPSA) is 32.3 Å². The summed E-state index contributed by atoms with van der Waals surface area (Å²) < 4.78 is 0. The summed E-state index contributed by atoms with van der Waals surface area (Å²) in [6.45, 7) is 6.61. The van der Waals surface area contributed by atoms with Gasteiger partial charge in [-0.05, 0) is 38.8 Å². The van der Waals surface area contributed by atoms with Crippen molar-refractivity contribution < 1.29 is 4.79 Å². The van der Waals surface area contributed by atoms with Gasteiger partial charge in [-0.15, -0.1) is 6.58 Å². The van der Waals surface area contributed by atoms with Crippen molar-refractivity contribution in [3.63, 3.8) is 0 Å². The van der Waals surface area contributed by atoms with Crippen molar-refractivity contribution in [2.75, 3.05) is 19.6 Å². The second-order valence-electron chi connectivity index (χ2n) is 4.62. The summed E-state index contributed by atoms with van der Waals surface area (Å²) in [5.74, 6) is 0.316. The summed E-state index contributed by atoms with van der Waals surface area (Å²) in [6.07, 6.45) is 7.06. The standard InChI is InChI=1S/C12H20N2O/c1-2-10-14-11(15)4-6-12(14)5-3-8-13-9-7-12/h2,13H,1,3-10H2. The largest absolute Gasteiger partial charge is 0.333 e. The van der Waals surface area contributed by atoms with E-state index in [0.29, 0.717) is 5.91 Å². The van der Waals surface area contributed by atoms with Crippen molar-refractivity contribution in [1.29, 1.82) is 0 Å². The molecule has 2 saturated heterocycles. The monoisotopic (exact) mass is 208 g/mol. The third kappa shape index (κ3) is 1.93. The number of amides is 1. The first-order valence-electron chi connectivity index (χ1n) is 5.91. The Hall–Kier alpha value is -0.830. The zero-order valence-electron chi connectivity index (χ0n) is 9.30. The highest BCUT2D eigenvalue weighted by atomic mass is 16.2. The van der Waals surface area contributed by atoms with Crippen LogP contribution in [0.5, 0.6) is 0 Å². The molecule has 0 bridgehead atoms. The summed E-state index contributed by atoms with van der Waals surface area (Å²) in [7, 11) is 0. The van der Waals surface area contributed by atoms with Gasteiger partial charge in [-0.3, -0.25) is 4.79 Å². The highest BCUT2D eigenvalue weighted by Crippen LogP contribution is 2.37. The zero-order chi connectivity index (χ0) is 10.7. The van der Waals surface area contributed by atoms with Crippen LogP contribution in [-0.2, 0) is 4.79 Å². The molecular formula is C12H20N2O. The molecule has 2 fully saturated rings. The summed E-state index contributed by atoms with van der Waals surface area (Å²) in [6, 6.07) is 0. The molecule has 0 aromatic rings. The minimum Gasteiger partial charge on any atom is -0.333 e. The maximum atomic E-state index is 11.8. The zero-order valence-corrected chi connectivity index (χ0v) is 9.30. The number of nitrogens with zero attached hydrogens (tertiary/aromatic N) is 1. The first kappa shape index (κ1) is 10.7.